The fourth-order valence-electron chi connectivity index (χ4n) is 2.04. The molecule has 1 amide bonds. The molecule has 136 valence electrons. The largest absolute Gasteiger partial charge is 0.487 e. The normalized spacial score (nSPS) is 13.6. The summed E-state index contributed by atoms with van der Waals surface area (Å²) >= 11 is 0. The lowest BCUT2D eigenvalue weighted by Gasteiger charge is -2.16. The molecule has 1 aromatic rings. The molecule has 4 nitrogen and oxygen atoms in total. The number of nitrogens with one attached hydrogen (secondary N) is 2. The standard InChI is InChI=1S/C19H24F2N2O2/c1-5-6-16(11-13(2)22)14(3)23-18(24)15-7-9-17(10-8-15)25-12-19(4,20)21/h5-11,14,22H,12H2,1-4H3,(H,23,24)/b6-5+,16-11+,22-13?. The van der Waals surface area contributed by atoms with Crippen LogP contribution in [0.4, 0.5) is 8.78 Å². The van der Waals surface area contributed by atoms with Gasteiger partial charge in [0, 0.05) is 18.2 Å². The lowest BCUT2D eigenvalue weighted by atomic mass is 10.1. The first-order valence-electron chi connectivity index (χ1n) is 7.93. The maximum atomic E-state index is 12.8. The Morgan fingerprint density at radius 1 is 1.36 bits per heavy atom. The van der Waals surface area contributed by atoms with Gasteiger partial charge in [-0.05, 0) is 56.7 Å². The van der Waals surface area contributed by atoms with E-state index in [1.807, 2.05) is 26.0 Å². The van der Waals surface area contributed by atoms with E-state index in [4.69, 9.17) is 10.1 Å². The number of alkyl halides is 2. The molecule has 0 aliphatic heterocycles. The number of carbonyl (C=O) groups is 1. The molecule has 0 aromatic heterocycles. The van der Waals surface area contributed by atoms with Crippen molar-refractivity contribution in [2.45, 2.75) is 39.7 Å². The van der Waals surface area contributed by atoms with Crippen LogP contribution in [0.2, 0.25) is 0 Å². The van der Waals surface area contributed by atoms with Crippen LogP contribution in [-0.2, 0) is 0 Å². The lowest BCUT2D eigenvalue weighted by molar-refractivity contribution is -0.0229. The van der Waals surface area contributed by atoms with Gasteiger partial charge in [0.25, 0.3) is 11.8 Å². The SMILES string of the molecule is C/C=C/C(=C\C(C)=N)C(C)NC(=O)c1ccc(OCC(C)(F)F)cc1. The predicted octanol–water partition coefficient (Wildman–Crippen LogP) is 4.38. The molecule has 6 heteroatoms. The maximum absolute atomic E-state index is 12.8. The molecule has 0 fully saturated rings. The van der Waals surface area contributed by atoms with E-state index < -0.39 is 12.5 Å². The Morgan fingerprint density at radius 3 is 2.44 bits per heavy atom. The third-order valence-corrected chi connectivity index (χ3v) is 3.20. The summed E-state index contributed by atoms with van der Waals surface area (Å²) in [6, 6.07) is 5.72. The van der Waals surface area contributed by atoms with Gasteiger partial charge in [-0.1, -0.05) is 12.2 Å². The molecule has 25 heavy (non-hydrogen) atoms. The second-order valence-corrected chi connectivity index (χ2v) is 5.91. The second kappa shape index (κ2) is 9.11. The molecule has 1 aromatic carbocycles. The number of halogens is 2. The Labute approximate surface area is 147 Å². The molecule has 0 saturated carbocycles. The van der Waals surface area contributed by atoms with Crippen LogP contribution in [0.1, 0.15) is 38.1 Å². The number of carbonyl (C=O) groups excluding carboxylic acids is 1. The lowest BCUT2D eigenvalue weighted by Crippen LogP contribution is -2.33. The first kappa shape index (κ1) is 20.5. The van der Waals surface area contributed by atoms with Gasteiger partial charge in [-0.15, -0.1) is 0 Å². The van der Waals surface area contributed by atoms with Crippen LogP contribution in [0.15, 0.2) is 48.1 Å². The number of ether oxygens (including phenoxy) is 1. The molecule has 2 N–H and O–H groups in total. The van der Waals surface area contributed by atoms with E-state index in [2.05, 4.69) is 5.32 Å². The predicted molar refractivity (Wildman–Crippen MR) is 95.8 cm³/mol. The van der Waals surface area contributed by atoms with Crippen LogP contribution in [0.3, 0.4) is 0 Å². The number of benzene rings is 1. The third kappa shape index (κ3) is 7.74. The average Bonchev–Trinajstić information content (AvgIpc) is 2.51. The molecule has 1 atom stereocenters. The number of hydrogen-bond donors (Lipinski definition) is 2. The van der Waals surface area contributed by atoms with Crippen LogP contribution < -0.4 is 10.1 Å². The van der Waals surface area contributed by atoms with Gasteiger partial charge in [0.05, 0.1) is 6.04 Å². The summed E-state index contributed by atoms with van der Waals surface area (Å²) in [6.07, 6.45) is 5.37. The Morgan fingerprint density at radius 2 is 1.96 bits per heavy atom. The van der Waals surface area contributed by atoms with Gasteiger partial charge in [-0.25, -0.2) is 8.78 Å². The fourth-order valence-corrected chi connectivity index (χ4v) is 2.04. The maximum Gasteiger partial charge on any atom is 0.278 e. The van der Waals surface area contributed by atoms with Crippen LogP contribution in [0.25, 0.3) is 0 Å². The van der Waals surface area contributed by atoms with Crippen molar-refractivity contribution in [1.82, 2.24) is 5.32 Å². The number of hydrogen-bond acceptors (Lipinski definition) is 3. The Hall–Kier alpha value is -2.50. The minimum atomic E-state index is -2.91. The van der Waals surface area contributed by atoms with Crippen molar-refractivity contribution < 1.29 is 18.3 Å². The average molecular weight is 350 g/mol. The molecular formula is C19H24F2N2O2. The molecule has 0 radical (unpaired) electrons. The molecule has 0 aliphatic carbocycles. The smallest absolute Gasteiger partial charge is 0.278 e. The Balaban J connectivity index is 2.75. The Bertz CT molecular complexity index is 659. The second-order valence-electron chi connectivity index (χ2n) is 5.91. The minimum absolute atomic E-state index is 0.278. The van der Waals surface area contributed by atoms with Crippen molar-refractivity contribution in [1.29, 1.82) is 5.41 Å². The minimum Gasteiger partial charge on any atom is -0.487 e. The van der Waals surface area contributed by atoms with E-state index in [0.29, 0.717) is 11.3 Å². The number of allylic oxidation sites excluding steroid dienone is 2. The van der Waals surface area contributed by atoms with Crippen molar-refractivity contribution in [3.63, 3.8) is 0 Å². The van der Waals surface area contributed by atoms with E-state index in [9.17, 15) is 13.6 Å². The van der Waals surface area contributed by atoms with Gasteiger partial charge in [-0.3, -0.25) is 4.79 Å². The van der Waals surface area contributed by atoms with Crippen molar-refractivity contribution in [3.8, 4) is 5.75 Å². The quantitative estimate of drug-likeness (QED) is 0.540. The van der Waals surface area contributed by atoms with Gasteiger partial charge < -0.3 is 15.5 Å². The summed E-state index contributed by atoms with van der Waals surface area (Å²) < 4.78 is 30.5. The molecule has 0 saturated heterocycles. The van der Waals surface area contributed by atoms with E-state index in [-0.39, 0.29) is 17.7 Å². The molecule has 1 rings (SSSR count). The first-order chi connectivity index (χ1) is 11.6. The zero-order valence-electron chi connectivity index (χ0n) is 14.9. The van der Waals surface area contributed by atoms with E-state index in [1.165, 1.54) is 24.3 Å². The zero-order valence-corrected chi connectivity index (χ0v) is 14.9. The van der Waals surface area contributed by atoms with E-state index >= 15 is 0 Å². The van der Waals surface area contributed by atoms with Crippen LogP contribution in [0.5, 0.6) is 5.75 Å². The van der Waals surface area contributed by atoms with E-state index in [1.54, 1.807) is 13.0 Å². The summed E-state index contributed by atoms with van der Waals surface area (Å²) in [5, 5.41) is 10.4. The topological polar surface area (TPSA) is 62.2 Å². The summed E-state index contributed by atoms with van der Waals surface area (Å²) in [5.74, 6) is -2.92. The highest BCUT2D eigenvalue weighted by atomic mass is 19.3. The van der Waals surface area contributed by atoms with Crippen molar-refractivity contribution >= 4 is 11.6 Å². The van der Waals surface area contributed by atoms with Crippen molar-refractivity contribution in [3.05, 3.63) is 53.6 Å². The van der Waals surface area contributed by atoms with Gasteiger partial charge in [0.2, 0.25) is 0 Å². The first-order valence-corrected chi connectivity index (χ1v) is 7.93. The molecule has 0 bridgehead atoms. The summed E-state index contributed by atoms with van der Waals surface area (Å²) in [4.78, 5) is 12.3. The summed E-state index contributed by atoms with van der Waals surface area (Å²) in [5.41, 5.74) is 1.60. The molecule has 0 spiro atoms. The third-order valence-electron chi connectivity index (χ3n) is 3.20. The molecule has 1 unspecified atom stereocenters. The zero-order chi connectivity index (χ0) is 19.0. The van der Waals surface area contributed by atoms with Crippen molar-refractivity contribution in [2.24, 2.45) is 0 Å². The van der Waals surface area contributed by atoms with Crippen molar-refractivity contribution in [2.75, 3.05) is 6.61 Å². The van der Waals surface area contributed by atoms with Gasteiger partial charge in [-0.2, -0.15) is 0 Å². The highest BCUT2D eigenvalue weighted by Gasteiger charge is 2.22. The molecular weight excluding hydrogens is 326 g/mol. The fraction of sp³-hybridized carbons (Fsp3) is 0.368. The van der Waals surface area contributed by atoms with Crippen LogP contribution in [-0.4, -0.2) is 30.2 Å². The van der Waals surface area contributed by atoms with Crippen LogP contribution >= 0.6 is 0 Å². The number of rotatable bonds is 8. The highest BCUT2D eigenvalue weighted by Crippen LogP contribution is 2.17. The molecule has 0 aliphatic rings. The van der Waals surface area contributed by atoms with Gasteiger partial charge >= 0.3 is 0 Å². The highest BCUT2D eigenvalue weighted by molar-refractivity contribution is 5.95. The monoisotopic (exact) mass is 350 g/mol. The van der Waals surface area contributed by atoms with Gasteiger partial charge in [0.15, 0.2) is 6.61 Å². The summed E-state index contributed by atoms with van der Waals surface area (Å²) in [7, 11) is 0. The Kier molecular flexibility index (Phi) is 7.48. The van der Waals surface area contributed by atoms with Crippen LogP contribution in [0, 0.1) is 5.41 Å². The van der Waals surface area contributed by atoms with Gasteiger partial charge in [0.1, 0.15) is 5.75 Å². The van der Waals surface area contributed by atoms with E-state index in [0.717, 1.165) is 12.5 Å². The summed E-state index contributed by atoms with van der Waals surface area (Å²) in [6.45, 7) is 5.42. The molecule has 0 heterocycles. The number of amides is 1.